The van der Waals surface area contributed by atoms with E-state index in [0.717, 1.165) is 34.2 Å². The Labute approximate surface area is 275 Å². The van der Waals surface area contributed by atoms with Crippen LogP contribution in [-0.2, 0) is 10.0 Å². The van der Waals surface area contributed by atoms with Gasteiger partial charge in [-0.3, -0.25) is 4.72 Å². The molecule has 1 aliphatic rings. The number of fused-ring (bicyclic) bond motifs is 2. The van der Waals surface area contributed by atoms with Gasteiger partial charge < -0.3 is 24.7 Å². The number of pyridine rings is 1. The molecule has 1 aliphatic heterocycles. The van der Waals surface area contributed by atoms with E-state index in [9.17, 15) is 12.8 Å². The van der Waals surface area contributed by atoms with Crippen LogP contribution in [0.1, 0.15) is 25.5 Å². The first-order valence-electron chi connectivity index (χ1n) is 15.3. The number of oxazole rings is 1. The Morgan fingerprint density at radius 3 is 2.48 bits per heavy atom. The molecular formula is C32H33FN10O4S. The molecule has 0 radical (unpaired) electrons. The van der Waals surface area contributed by atoms with Crippen LogP contribution in [0.4, 0.5) is 27.7 Å². The third kappa shape index (κ3) is 5.46. The van der Waals surface area contributed by atoms with Crippen molar-refractivity contribution in [3.63, 3.8) is 0 Å². The van der Waals surface area contributed by atoms with Crippen LogP contribution in [0.2, 0.25) is 0 Å². The summed E-state index contributed by atoms with van der Waals surface area (Å²) in [5.41, 5.74) is 10.1. The number of benzene rings is 2. The average molecular weight is 673 g/mol. The first kappa shape index (κ1) is 31.1. The number of halogens is 1. The van der Waals surface area contributed by atoms with E-state index in [1.165, 1.54) is 31.5 Å². The molecule has 0 aliphatic carbocycles. The molecule has 14 nitrogen and oxygen atoms in total. The molecule has 0 spiro atoms. The van der Waals surface area contributed by atoms with Gasteiger partial charge >= 0.3 is 0 Å². The number of nitrogens with one attached hydrogen (secondary N) is 1. The minimum absolute atomic E-state index is 0.0453. The van der Waals surface area contributed by atoms with Gasteiger partial charge in [0.1, 0.15) is 35.0 Å². The molecule has 4 aromatic heterocycles. The lowest BCUT2D eigenvalue weighted by atomic mass is 10.1. The van der Waals surface area contributed by atoms with Gasteiger partial charge in [-0.1, -0.05) is 6.07 Å². The second-order valence-corrected chi connectivity index (χ2v) is 13.4. The van der Waals surface area contributed by atoms with Gasteiger partial charge in [0, 0.05) is 43.3 Å². The molecule has 0 unspecified atom stereocenters. The van der Waals surface area contributed by atoms with E-state index in [1.807, 2.05) is 22.9 Å². The fourth-order valence-corrected chi connectivity index (χ4v) is 7.15. The Morgan fingerprint density at radius 1 is 1.02 bits per heavy atom. The van der Waals surface area contributed by atoms with Crippen LogP contribution in [0.25, 0.3) is 33.4 Å². The molecule has 3 N–H and O–H groups in total. The molecule has 248 valence electrons. The van der Waals surface area contributed by atoms with Crippen molar-refractivity contribution in [2.75, 3.05) is 53.5 Å². The van der Waals surface area contributed by atoms with E-state index in [1.54, 1.807) is 13.3 Å². The zero-order valence-corrected chi connectivity index (χ0v) is 27.5. The lowest BCUT2D eigenvalue weighted by Gasteiger charge is -2.37. The number of nitrogen functional groups attached to an aromatic ring is 1. The summed E-state index contributed by atoms with van der Waals surface area (Å²) >= 11 is 0. The Balaban J connectivity index is 1.20. The summed E-state index contributed by atoms with van der Waals surface area (Å²) in [6, 6.07) is 10.6. The summed E-state index contributed by atoms with van der Waals surface area (Å²) in [5.74, 6) is 0.957. The van der Waals surface area contributed by atoms with Gasteiger partial charge in [-0.15, -0.1) is 0 Å². The molecule has 0 saturated carbocycles. The third-order valence-electron chi connectivity index (χ3n) is 8.34. The Hall–Kier alpha value is -5.51. The molecule has 0 atom stereocenters. The second-order valence-electron chi connectivity index (χ2n) is 11.7. The summed E-state index contributed by atoms with van der Waals surface area (Å²) in [6.07, 6.45) is 3.04. The van der Waals surface area contributed by atoms with Gasteiger partial charge in [-0.05, 0) is 57.2 Å². The standard InChI is InChI=1S/C32H33FN10O4S/c1-18(2)43-31-26(28(39-43)20-8-9-24-23(14-20)38-32(34)47-24)30(36-17-37-31)42-12-10-41(11-13-42)29-19(3)27(25(46-4)16-35-29)40-48(44,45)22-7-5-6-21(33)15-22/h5-9,14-18H,10-13H2,1-4H3,(H2,34,38)(H,35,40). The van der Waals surface area contributed by atoms with Gasteiger partial charge in [0.25, 0.3) is 16.0 Å². The third-order valence-corrected chi connectivity index (χ3v) is 9.69. The van der Waals surface area contributed by atoms with Crippen LogP contribution in [0.15, 0.2) is 64.3 Å². The van der Waals surface area contributed by atoms with E-state index in [0.29, 0.717) is 48.7 Å². The number of hydrogen-bond acceptors (Lipinski definition) is 12. The highest BCUT2D eigenvalue weighted by Crippen LogP contribution is 2.38. The molecule has 0 amide bonds. The molecule has 6 aromatic rings. The van der Waals surface area contributed by atoms with Crippen molar-refractivity contribution in [1.29, 1.82) is 0 Å². The van der Waals surface area contributed by atoms with E-state index >= 15 is 0 Å². The Morgan fingerprint density at radius 2 is 1.77 bits per heavy atom. The smallest absolute Gasteiger partial charge is 0.292 e. The number of ether oxygens (including phenoxy) is 1. The summed E-state index contributed by atoms with van der Waals surface area (Å²) < 4.78 is 55.7. The van der Waals surface area contributed by atoms with E-state index in [-0.39, 0.29) is 28.4 Å². The zero-order chi connectivity index (χ0) is 33.7. The minimum atomic E-state index is -4.11. The van der Waals surface area contributed by atoms with Gasteiger partial charge in [0.05, 0.1) is 29.3 Å². The maximum Gasteiger partial charge on any atom is 0.292 e. The number of hydrogen-bond donors (Lipinski definition) is 2. The van der Waals surface area contributed by atoms with Crippen molar-refractivity contribution >= 4 is 55.5 Å². The predicted molar refractivity (Wildman–Crippen MR) is 180 cm³/mol. The van der Waals surface area contributed by atoms with E-state index < -0.39 is 15.8 Å². The van der Waals surface area contributed by atoms with Crippen LogP contribution < -0.4 is 25.0 Å². The lowest BCUT2D eigenvalue weighted by molar-refractivity contribution is 0.414. The van der Waals surface area contributed by atoms with Gasteiger partial charge in [-0.2, -0.15) is 10.1 Å². The summed E-state index contributed by atoms with van der Waals surface area (Å²) in [4.78, 5) is 22.4. The van der Waals surface area contributed by atoms with Gasteiger partial charge in [0.15, 0.2) is 17.0 Å². The quantitative estimate of drug-likeness (QED) is 0.227. The summed E-state index contributed by atoms with van der Waals surface area (Å²) in [7, 11) is -2.67. The maximum absolute atomic E-state index is 13.9. The largest absolute Gasteiger partial charge is 0.493 e. The second kappa shape index (κ2) is 11.9. The summed E-state index contributed by atoms with van der Waals surface area (Å²) in [5, 5.41) is 5.80. The molecule has 16 heteroatoms. The first-order chi connectivity index (χ1) is 23.0. The predicted octanol–water partition coefficient (Wildman–Crippen LogP) is 4.78. The molecule has 5 heterocycles. The van der Waals surface area contributed by atoms with E-state index in [2.05, 4.69) is 43.3 Å². The average Bonchev–Trinajstić information content (AvgIpc) is 3.65. The van der Waals surface area contributed by atoms with Gasteiger partial charge in [0.2, 0.25) is 0 Å². The molecule has 2 aromatic carbocycles. The number of methoxy groups -OCH3 is 1. The van der Waals surface area contributed by atoms with Crippen molar-refractivity contribution < 1.29 is 22.0 Å². The fraction of sp³-hybridized carbons (Fsp3) is 0.281. The highest BCUT2D eigenvalue weighted by atomic mass is 32.2. The van der Waals surface area contributed by atoms with Crippen LogP contribution in [0, 0.1) is 12.7 Å². The van der Waals surface area contributed by atoms with Crippen molar-refractivity contribution in [3.05, 3.63) is 66.4 Å². The number of rotatable bonds is 8. The van der Waals surface area contributed by atoms with Crippen molar-refractivity contribution in [1.82, 2.24) is 29.7 Å². The summed E-state index contributed by atoms with van der Waals surface area (Å²) in [6.45, 7) is 8.20. The molecule has 1 saturated heterocycles. The van der Waals surface area contributed by atoms with Crippen LogP contribution in [0.5, 0.6) is 5.75 Å². The Kier molecular flexibility index (Phi) is 7.74. The highest BCUT2D eigenvalue weighted by Gasteiger charge is 2.28. The van der Waals surface area contributed by atoms with Crippen LogP contribution in [0.3, 0.4) is 0 Å². The first-order valence-corrected chi connectivity index (χ1v) is 16.7. The van der Waals surface area contributed by atoms with E-state index in [4.69, 9.17) is 25.0 Å². The lowest BCUT2D eigenvalue weighted by Crippen LogP contribution is -2.47. The topological polar surface area (TPSA) is 170 Å². The SMILES string of the molecule is COc1cnc(N2CCN(c3ncnc4c3c(-c3ccc5oc(N)nc5c3)nn4C(C)C)CC2)c(C)c1NS(=O)(=O)c1cccc(F)c1. The zero-order valence-electron chi connectivity index (χ0n) is 26.7. The number of nitrogens with zero attached hydrogens (tertiary/aromatic N) is 8. The fourth-order valence-electron chi connectivity index (χ4n) is 5.99. The highest BCUT2D eigenvalue weighted by molar-refractivity contribution is 7.92. The van der Waals surface area contributed by atoms with Crippen molar-refractivity contribution in [2.45, 2.75) is 31.7 Å². The molecule has 0 bridgehead atoms. The Bertz CT molecular complexity index is 2280. The van der Waals surface area contributed by atoms with Crippen LogP contribution in [-0.4, -0.2) is 71.4 Å². The molecular weight excluding hydrogens is 639 g/mol. The minimum Gasteiger partial charge on any atom is -0.493 e. The molecule has 1 fully saturated rings. The number of nitrogens with two attached hydrogens (primary N) is 1. The normalized spacial score (nSPS) is 14.0. The number of piperazine rings is 1. The monoisotopic (exact) mass is 672 g/mol. The van der Waals surface area contributed by atoms with Crippen LogP contribution >= 0.6 is 0 Å². The maximum atomic E-state index is 13.9. The number of sulfonamides is 1. The van der Waals surface area contributed by atoms with Gasteiger partial charge in [-0.25, -0.2) is 32.4 Å². The van der Waals surface area contributed by atoms with Crippen molar-refractivity contribution in [3.8, 4) is 17.0 Å². The number of anilines is 4. The molecule has 48 heavy (non-hydrogen) atoms. The van der Waals surface area contributed by atoms with Crippen molar-refractivity contribution in [2.24, 2.45) is 0 Å². The number of aromatic nitrogens is 6. The molecule has 7 rings (SSSR count).